The van der Waals surface area contributed by atoms with Gasteiger partial charge in [-0.3, -0.25) is 9.59 Å². The van der Waals surface area contributed by atoms with E-state index in [1.807, 2.05) is 35.2 Å². The Morgan fingerprint density at radius 3 is 2.76 bits per heavy atom. The topological polar surface area (TPSA) is 49.4 Å². The van der Waals surface area contributed by atoms with Gasteiger partial charge in [0.25, 0.3) is 5.91 Å². The van der Waals surface area contributed by atoms with Crippen LogP contribution >= 0.6 is 0 Å². The molecule has 4 heteroatoms. The average molecular weight is 288 g/mol. The maximum Gasteiger partial charge on any atom is 0.253 e. The van der Waals surface area contributed by atoms with Gasteiger partial charge in [-0.2, -0.15) is 0 Å². The number of unbranched alkanes of at least 4 members (excludes halogenated alkanes) is 1. The Kier molecular flexibility index (Phi) is 5.78. The van der Waals surface area contributed by atoms with Crippen LogP contribution in [-0.2, 0) is 4.79 Å². The molecular formula is C17H24N2O2. The van der Waals surface area contributed by atoms with Crippen LogP contribution in [0.25, 0.3) is 0 Å². The van der Waals surface area contributed by atoms with Crippen LogP contribution in [0.2, 0.25) is 0 Å². The number of rotatable bonds is 5. The van der Waals surface area contributed by atoms with Crippen molar-refractivity contribution in [3.05, 3.63) is 35.9 Å². The van der Waals surface area contributed by atoms with Gasteiger partial charge < -0.3 is 10.2 Å². The van der Waals surface area contributed by atoms with Crippen molar-refractivity contribution >= 4 is 11.8 Å². The van der Waals surface area contributed by atoms with Crippen molar-refractivity contribution in [3.8, 4) is 0 Å². The lowest BCUT2D eigenvalue weighted by Crippen LogP contribution is -2.45. The van der Waals surface area contributed by atoms with Crippen molar-refractivity contribution < 1.29 is 9.59 Å². The predicted molar refractivity (Wildman–Crippen MR) is 83.0 cm³/mol. The second-order valence-electron chi connectivity index (χ2n) is 5.60. The summed E-state index contributed by atoms with van der Waals surface area (Å²) in [6.45, 7) is 4.11. The molecule has 0 aliphatic carbocycles. The number of hydrogen-bond donors (Lipinski definition) is 1. The largest absolute Gasteiger partial charge is 0.356 e. The van der Waals surface area contributed by atoms with Gasteiger partial charge >= 0.3 is 0 Å². The molecule has 1 saturated heterocycles. The van der Waals surface area contributed by atoms with Crippen LogP contribution in [0.4, 0.5) is 0 Å². The van der Waals surface area contributed by atoms with Crippen LogP contribution < -0.4 is 5.32 Å². The van der Waals surface area contributed by atoms with E-state index in [4.69, 9.17) is 0 Å². The van der Waals surface area contributed by atoms with Gasteiger partial charge in [0, 0.05) is 25.2 Å². The monoisotopic (exact) mass is 288 g/mol. The van der Waals surface area contributed by atoms with Crippen LogP contribution in [0.1, 0.15) is 43.0 Å². The quantitative estimate of drug-likeness (QED) is 0.846. The summed E-state index contributed by atoms with van der Waals surface area (Å²) in [5.41, 5.74) is 0.699. The lowest BCUT2D eigenvalue weighted by atomic mass is 9.96. The van der Waals surface area contributed by atoms with Crippen molar-refractivity contribution in [1.29, 1.82) is 0 Å². The number of carbonyl (C=O) groups is 2. The Hall–Kier alpha value is -1.84. The summed E-state index contributed by atoms with van der Waals surface area (Å²) in [7, 11) is 0. The number of carbonyl (C=O) groups excluding carboxylic acids is 2. The van der Waals surface area contributed by atoms with Crippen LogP contribution in [0.15, 0.2) is 30.3 Å². The van der Waals surface area contributed by atoms with Crippen LogP contribution in [0.5, 0.6) is 0 Å². The molecule has 0 spiro atoms. The molecular weight excluding hydrogens is 264 g/mol. The molecule has 1 aliphatic rings. The Morgan fingerprint density at radius 1 is 1.29 bits per heavy atom. The third-order valence-electron chi connectivity index (χ3n) is 3.93. The summed E-state index contributed by atoms with van der Waals surface area (Å²) in [4.78, 5) is 26.4. The SMILES string of the molecule is CCCCNC(=O)C1CCCN(C(=O)c2ccccc2)C1. The molecule has 4 nitrogen and oxygen atoms in total. The van der Waals surface area contributed by atoms with E-state index in [9.17, 15) is 9.59 Å². The Bertz CT molecular complexity index is 473. The molecule has 1 N–H and O–H groups in total. The van der Waals surface area contributed by atoms with Gasteiger partial charge in [0.1, 0.15) is 0 Å². The fourth-order valence-corrected chi connectivity index (χ4v) is 2.67. The first kappa shape index (κ1) is 15.5. The number of benzene rings is 1. The van der Waals surface area contributed by atoms with E-state index in [-0.39, 0.29) is 17.7 Å². The van der Waals surface area contributed by atoms with E-state index in [1.54, 1.807) is 0 Å². The number of amides is 2. The minimum atomic E-state index is -0.0664. The fourth-order valence-electron chi connectivity index (χ4n) is 2.67. The minimum Gasteiger partial charge on any atom is -0.356 e. The summed E-state index contributed by atoms with van der Waals surface area (Å²) < 4.78 is 0. The number of nitrogens with one attached hydrogen (secondary N) is 1. The summed E-state index contributed by atoms with van der Waals surface area (Å²) >= 11 is 0. The van der Waals surface area contributed by atoms with Gasteiger partial charge in [-0.1, -0.05) is 31.5 Å². The molecule has 1 fully saturated rings. The molecule has 0 bridgehead atoms. The second kappa shape index (κ2) is 7.81. The first-order valence-corrected chi connectivity index (χ1v) is 7.84. The van der Waals surface area contributed by atoms with Crippen LogP contribution in [0, 0.1) is 5.92 Å². The van der Waals surface area contributed by atoms with Crippen molar-refractivity contribution in [1.82, 2.24) is 10.2 Å². The highest BCUT2D eigenvalue weighted by Crippen LogP contribution is 2.18. The second-order valence-corrected chi connectivity index (χ2v) is 5.60. The van der Waals surface area contributed by atoms with Crippen molar-refractivity contribution in [3.63, 3.8) is 0 Å². The number of likely N-dealkylation sites (tertiary alicyclic amines) is 1. The van der Waals surface area contributed by atoms with Gasteiger partial charge in [-0.15, -0.1) is 0 Å². The van der Waals surface area contributed by atoms with Gasteiger partial charge in [0.2, 0.25) is 5.91 Å². The lowest BCUT2D eigenvalue weighted by molar-refractivity contribution is -0.126. The molecule has 0 aromatic heterocycles. The Balaban J connectivity index is 1.91. The molecule has 21 heavy (non-hydrogen) atoms. The Morgan fingerprint density at radius 2 is 2.05 bits per heavy atom. The summed E-state index contributed by atoms with van der Waals surface area (Å²) in [5.74, 6) is 0.0546. The van der Waals surface area contributed by atoms with E-state index in [2.05, 4.69) is 12.2 Å². The molecule has 1 aromatic rings. The zero-order valence-electron chi connectivity index (χ0n) is 12.7. The highest BCUT2D eigenvalue weighted by Gasteiger charge is 2.28. The van der Waals surface area contributed by atoms with E-state index >= 15 is 0 Å². The molecule has 1 aliphatic heterocycles. The third kappa shape index (κ3) is 4.31. The average Bonchev–Trinajstić information content (AvgIpc) is 2.55. The van der Waals surface area contributed by atoms with Gasteiger partial charge in [-0.25, -0.2) is 0 Å². The van der Waals surface area contributed by atoms with E-state index in [1.165, 1.54) is 0 Å². The van der Waals surface area contributed by atoms with E-state index in [0.29, 0.717) is 12.1 Å². The summed E-state index contributed by atoms with van der Waals surface area (Å²) in [5, 5.41) is 2.98. The van der Waals surface area contributed by atoms with Gasteiger partial charge in [-0.05, 0) is 31.4 Å². The molecule has 1 aromatic carbocycles. The van der Waals surface area contributed by atoms with Crippen LogP contribution in [-0.4, -0.2) is 36.3 Å². The first-order chi connectivity index (χ1) is 10.2. The minimum absolute atomic E-state index is 0.0293. The smallest absolute Gasteiger partial charge is 0.253 e. The van der Waals surface area contributed by atoms with Crippen molar-refractivity contribution in [2.24, 2.45) is 5.92 Å². The summed E-state index contributed by atoms with van der Waals surface area (Å²) in [6, 6.07) is 9.29. The zero-order valence-corrected chi connectivity index (χ0v) is 12.7. The highest BCUT2D eigenvalue weighted by molar-refractivity contribution is 5.94. The molecule has 114 valence electrons. The normalized spacial score (nSPS) is 18.3. The number of hydrogen-bond acceptors (Lipinski definition) is 2. The number of nitrogens with zero attached hydrogens (tertiary/aromatic N) is 1. The maximum absolute atomic E-state index is 12.4. The molecule has 0 saturated carbocycles. The van der Waals surface area contributed by atoms with Crippen molar-refractivity contribution in [2.75, 3.05) is 19.6 Å². The maximum atomic E-state index is 12.4. The lowest BCUT2D eigenvalue weighted by Gasteiger charge is -2.32. The highest BCUT2D eigenvalue weighted by atomic mass is 16.2. The Labute approximate surface area is 126 Å². The van der Waals surface area contributed by atoms with E-state index < -0.39 is 0 Å². The van der Waals surface area contributed by atoms with Gasteiger partial charge in [0.15, 0.2) is 0 Å². The molecule has 1 atom stereocenters. The van der Waals surface area contributed by atoms with E-state index in [0.717, 1.165) is 38.8 Å². The fraction of sp³-hybridized carbons (Fsp3) is 0.529. The first-order valence-electron chi connectivity index (χ1n) is 7.84. The van der Waals surface area contributed by atoms with Crippen LogP contribution in [0.3, 0.4) is 0 Å². The zero-order chi connectivity index (χ0) is 15.1. The standard InChI is InChI=1S/C17H24N2O2/c1-2-3-11-18-16(20)15-10-7-12-19(13-15)17(21)14-8-5-4-6-9-14/h4-6,8-9,15H,2-3,7,10-13H2,1H3,(H,18,20). The van der Waals surface area contributed by atoms with Crippen molar-refractivity contribution in [2.45, 2.75) is 32.6 Å². The molecule has 2 rings (SSSR count). The number of piperidine rings is 1. The molecule has 0 radical (unpaired) electrons. The third-order valence-corrected chi connectivity index (χ3v) is 3.93. The summed E-state index contributed by atoms with van der Waals surface area (Å²) in [6.07, 6.45) is 3.84. The van der Waals surface area contributed by atoms with Gasteiger partial charge in [0.05, 0.1) is 5.92 Å². The molecule has 1 heterocycles. The predicted octanol–water partition coefficient (Wildman–Crippen LogP) is 2.46. The molecule has 1 unspecified atom stereocenters. The molecule has 2 amide bonds.